The van der Waals surface area contributed by atoms with Crippen molar-refractivity contribution in [3.8, 4) is 0 Å². The average molecular weight is 351 g/mol. The van der Waals surface area contributed by atoms with Crippen LogP contribution in [-0.2, 0) is 6.54 Å². The molecule has 1 saturated heterocycles. The molecule has 1 aliphatic heterocycles. The Balaban J connectivity index is 0.00000264. The van der Waals surface area contributed by atoms with Crippen LogP contribution in [0.25, 0.3) is 10.4 Å². The molecule has 0 amide bonds. The average Bonchev–Trinajstić information content (AvgIpc) is 2.44. The number of nitrogens with one attached hydrogen (secondary N) is 1. The van der Waals surface area contributed by atoms with Crippen LogP contribution in [0.5, 0.6) is 0 Å². The van der Waals surface area contributed by atoms with E-state index in [4.69, 9.17) is 5.53 Å². The largest absolute Gasteiger partial charge is 1.00 e. The third-order valence-corrected chi connectivity index (χ3v) is 4.07. The molecule has 0 atom stereocenters. The summed E-state index contributed by atoms with van der Waals surface area (Å²) in [5.41, 5.74) is 8.83. The second-order valence-electron chi connectivity index (χ2n) is 5.51. The molecule has 0 aliphatic carbocycles. The summed E-state index contributed by atoms with van der Waals surface area (Å²) in [4.78, 5) is 4.75. The van der Waals surface area contributed by atoms with Gasteiger partial charge in [-0.25, -0.2) is 0 Å². The molecule has 1 heterocycles. The van der Waals surface area contributed by atoms with Crippen molar-refractivity contribution in [3.63, 3.8) is 0 Å². The molecule has 1 N–H and O–H groups in total. The number of azide groups is 1. The summed E-state index contributed by atoms with van der Waals surface area (Å²) in [5.74, 6) is 0. The molecule has 5 nitrogen and oxygen atoms in total. The summed E-state index contributed by atoms with van der Waals surface area (Å²) < 4.78 is 40.2. The molecule has 1 aromatic rings. The normalized spacial score (nSPS) is 15.7. The van der Waals surface area contributed by atoms with Gasteiger partial charge in [0.2, 0.25) is 0 Å². The van der Waals surface area contributed by atoms with Crippen molar-refractivity contribution < 1.29 is 64.3 Å². The van der Waals surface area contributed by atoms with E-state index in [2.05, 4.69) is 20.2 Å². The third kappa shape index (κ3) is 5.21. The second-order valence-corrected chi connectivity index (χ2v) is 5.51. The van der Waals surface area contributed by atoms with Crippen molar-refractivity contribution in [1.29, 1.82) is 0 Å². The van der Waals surface area contributed by atoms with E-state index in [1.54, 1.807) is 6.07 Å². The molecule has 10 heteroatoms. The summed E-state index contributed by atoms with van der Waals surface area (Å²) in [6, 6.07) is 1.58. The SMILES string of the molecule is Cc1c(CN2CCNCC2)cc(N=[N+]=[N-])c(C)c1[B-](F)(F)F.[K+]. The first-order valence-electron chi connectivity index (χ1n) is 7.15. The van der Waals surface area contributed by atoms with E-state index in [-0.39, 0.29) is 68.2 Å². The minimum Gasteiger partial charge on any atom is -0.445 e. The molecule has 120 valence electrons. The fourth-order valence-electron chi connectivity index (χ4n) is 2.89. The van der Waals surface area contributed by atoms with E-state index in [1.165, 1.54) is 13.8 Å². The predicted octanol–water partition coefficient (Wildman–Crippen LogP) is -0.291. The maximum atomic E-state index is 13.4. The second kappa shape index (κ2) is 8.87. The molecular formula is C13H18BF3KN5. The van der Waals surface area contributed by atoms with Gasteiger partial charge in [0.25, 0.3) is 0 Å². The van der Waals surface area contributed by atoms with E-state index < -0.39 is 12.4 Å². The Hall–Kier alpha value is -0.0587. The topological polar surface area (TPSA) is 64.0 Å². The summed E-state index contributed by atoms with van der Waals surface area (Å²) in [7, 11) is 0. The Morgan fingerprint density at radius 3 is 2.39 bits per heavy atom. The minimum absolute atomic E-state index is 0. The summed E-state index contributed by atoms with van der Waals surface area (Å²) in [6.07, 6.45) is 0. The van der Waals surface area contributed by atoms with Gasteiger partial charge < -0.3 is 18.3 Å². The minimum atomic E-state index is -5.15. The molecule has 0 bridgehead atoms. The van der Waals surface area contributed by atoms with Crippen LogP contribution in [0, 0.1) is 13.8 Å². The molecule has 1 fully saturated rings. The van der Waals surface area contributed by atoms with Gasteiger partial charge in [-0.05, 0) is 31.0 Å². The van der Waals surface area contributed by atoms with Gasteiger partial charge in [0.1, 0.15) is 0 Å². The number of piperazine rings is 1. The zero-order chi connectivity index (χ0) is 16.3. The van der Waals surface area contributed by atoms with E-state index in [9.17, 15) is 12.9 Å². The monoisotopic (exact) mass is 351 g/mol. The van der Waals surface area contributed by atoms with Crippen LogP contribution in [-0.4, -0.2) is 38.1 Å². The quantitative estimate of drug-likeness (QED) is 0.351. The van der Waals surface area contributed by atoms with Gasteiger partial charge in [0, 0.05) is 43.3 Å². The van der Waals surface area contributed by atoms with E-state index in [0.29, 0.717) is 12.1 Å². The van der Waals surface area contributed by atoms with Gasteiger partial charge in [0.15, 0.2) is 0 Å². The Labute approximate surface area is 176 Å². The summed E-state index contributed by atoms with van der Waals surface area (Å²) >= 11 is 0. The molecule has 0 unspecified atom stereocenters. The standard InChI is InChI=1S/C13H18BF3N5.K/c1-9-11(8-22-5-3-19-4-6-22)7-12(20-21-18)10(2)13(9)14(15,16)17;/h7,19H,3-6,8H2,1-2H3;/q-1;+1. The van der Waals surface area contributed by atoms with Crippen LogP contribution in [0.4, 0.5) is 18.6 Å². The number of halogens is 3. The Kier molecular flexibility index (Phi) is 8.09. The van der Waals surface area contributed by atoms with Crippen LogP contribution >= 0.6 is 0 Å². The Morgan fingerprint density at radius 1 is 1.26 bits per heavy atom. The Bertz CT molecular complexity index is 611. The molecule has 0 saturated carbocycles. The first-order chi connectivity index (χ1) is 10.3. The van der Waals surface area contributed by atoms with Crippen LogP contribution in [0.2, 0.25) is 0 Å². The first kappa shape index (κ1) is 21.0. The number of rotatable bonds is 4. The third-order valence-electron chi connectivity index (χ3n) is 4.07. The molecule has 23 heavy (non-hydrogen) atoms. The van der Waals surface area contributed by atoms with Gasteiger partial charge in [-0.2, -0.15) is 0 Å². The van der Waals surface area contributed by atoms with Crippen molar-refractivity contribution in [2.45, 2.75) is 20.4 Å². The first-order valence-corrected chi connectivity index (χ1v) is 7.15. The molecular weight excluding hydrogens is 333 g/mol. The van der Waals surface area contributed by atoms with Gasteiger partial charge in [-0.15, -0.1) is 5.46 Å². The number of benzene rings is 1. The molecule has 0 spiro atoms. The van der Waals surface area contributed by atoms with Crippen molar-refractivity contribution in [2.24, 2.45) is 5.11 Å². The van der Waals surface area contributed by atoms with E-state index in [0.717, 1.165) is 26.2 Å². The molecule has 0 radical (unpaired) electrons. The fourth-order valence-corrected chi connectivity index (χ4v) is 2.89. The fraction of sp³-hybridized carbons (Fsp3) is 0.538. The van der Waals surface area contributed by atoms with Crippen LogP contribution in [0.3, 0.4) is 0 Å². The van der Waals surface area contributed by atoms with Gasteiger partial charge in [-0.3, -0.25) is 4.90 Å². The summed E-state index contributed by atoms with van der Waals surface area (Å²) in [5, 5.41) is 6.64. The van der Waals surface area contributed by atoms with Crippen LogP contribution in [0.15, 0.2) is 11.2 Å². The van der Waals surface area contributed by atoms with Gasteiger partial charge >= 0.3 is 58.4 Å². The van der Waals surface area contributed by atoms with Gasteiger partial charge in [0.05, 0.1) is 0 Å². The molecule has 2 rings (SSSR count). The number of nitrogens with zero attached hydrogens (tertiary/aromatic N) is 4. The van der Waals surface area contributed by atoms with Crippen molar-refractivity contribution in [1.82, 2.24) is 10.2 Å². The van der Waals surface area contributed by atoms with Crippen LogP contribution < -0.4 is 62.2 Å². The molecule has 1 aliphatic rings. The van der Waals surface area contributed by atoms with Crippen molar-refractivity contribution in [3.05, 3.63) is 33.2 Å². The smallest absolute Gasteiger partial charge is 0.445 e. The van der Waals surface area contributed by atoms with E-state index in [1.807, 2.05) is 0 Å². The Morgan fingerprint density at radius 2 is 1.87 bits per heavy atom. The van der Waals surface area contributed by atoms with Crippen LogP contribution in [0.1, 0.15) is 16.7 Å². The number of hydrogen-bond donors (Lipinski definition) is 1. The van der Waals surface area contributed by atoms with Crippen molar-refractivity contribution in [2.75, 3.05) is 26.2 Å². The maximum absolute atomic E-state index is 13.4. The molecule has 1 aromatic carbocycles. The van der Waals surface area contributed by atoms with E-state index >= 15 is 0 Å². The zero-order valence-corrected chi connectivity index (χ0v) is 16.7. The maximum Gasteiger partial charge on any atom is 1.00 e. The summed E-state index contributed by atoms with van der Waals surface area (Å²) in [6.45, 7) is 1.35. The van der Waals surface area contributed by atoms with Crippen molar-refractivity contribution >= 4 is 18.1 Å². The van der Waals surface area contributed by atoms with Gasteiger partial charge in [-0.1, -0.05) is 16.2 Å². The predicted molar refractivity (Wildman–Crippen MR) is 81.6 cm³/mol. The molecule has 0 aromatic heterocycles. The number of hydrogen-bond acceptors (Lipinski definition) is 3. The zero-order valence-electron chi connectivity index (χ0n) is 13.6.